The van der Waals surface area contributed by atoms with Crippen LogP contribution in [-0.4, -0.2) is 69.0 Å². The summed E-state index contributed by atoms with van der Waals surface area (Å²) in [6.07, 6.45) is 0.543. The van der Waals surface area contributed by atoms with E-state index in [0.29, 0.717) is 30.9 Å². The Morgan fingerprint density at radius 2 is 2.10 bits per heavy atom. The van der Waals surface area contributed by atoms with Gasteiger partial charge in [-0.15, -0.1) is 11.3 Å². The SMILES string of the molecule is CCC(O)Cc1csc(NS(=O)(=O)c2cc(C)cc(OCCN3CCOCC3)c2)n1. The van der Waals surface area contributed by atoms with E-state index in [1.54, 1.807) is 11.4 Å². The smallest absolute Gasteiger partial charge is 0.263 e. The second-order valence-corrected chi connectivity index (χ2v) is 9.84. The highest BCUT2D eigenvalue weighted by molar-refractivity contribution is 7.93. The molecule has 0 amide bonds. The molecule has 30 heavy (non-hydrogen) atoms. The molecular formula is C20H29N3O5S2. The Bertz CT molecular complexity index is 926. The Hall–Kier alpha value is -1.72. The van der Waals surface area contributed by atoms with Crippen molar-refractivity contribution in [3.63, 3.8) is 0 Å². The van der Waals surface area contributed by atoms with Gasteiger partial charge in [0.1, 0.15) is 12.4 Å². The summed E-state index contributed by atoms with van der Waals surface area (Å²) in [5.74, 6) is 0.523. The predicted octanol–water partition coefficient (Wildman–Crippen LogP) is 2.28. The van der Waals surface area contributed by atoms with E-state index in [2.05, 4.69) is 14.6 Å². The van der Waals surface area contributed by atoms with Crippen molar-refractivity contribution in [1.29, 1.82) is 0 Å². The Morgan fingerprint density at radius 3 is 2.83 bits per heavy atom. The molecule has 0 bridgehead atoms. The van der Waals surface area contributed by atoms with Gasteiger partial charge in [0.15, 0.2) is 5.13 Å². The third kappa shape index (κ3) is 6.64. The summed E-state index contributed by atoms with van der Waals surface area (Å²) in [6, 6.07) is 4.96. The molecule has 1 saturated heterocycles. The normalized spacial score (nSPS) is 16.4. The maximum absolute atomic E-state index is 12.8. The molecule has 3 rings (SSSR count). The monoisotopic (exact) mass is 455 g/mol. The Labute approximate surface area is 181 Å². The van der Waals surface area contributed by atoms with E-state index in [1.165, 1.54) is 17.4 Å². The van der Waals surface area contributed by atoms with Gasteiger partial charge >= 0.3 is 0 Å². The molecule has 0 radical (unpaired) electrons. The average molecular weight is 456 g/mol. The number of aryl methyl sites for hydroxylation is 1. The number of nitrogens with one attached hydrogen (secondary N) is 1. The van der Waals surface area contributed by atoms with Gasteiger partial charge in [-0.2, -0.15) is 0 Å². The van der Waals surface area contributed by atoms with Crippen molar-refractivity contribution < 1.29 is 23.0 Å². The summed E-state index contributed by atoms with van der Waals surface area (Å²) in [6.45, 7) is 8.19. The van der Waals surface area contributed by atoms with Crippen LogP contribution in [0.15, 0.2) is 28.5 Å². The van der Waals surface area contributed by atoms with Crippen molar-refractivity contribution in [2.45, 2.75) is 37.7 Å². The molecule has 1 aliphatic heterocycles. The number of aromatic nitrogens is 1. The largest absolute Gasteiger partial charge is 0.492 e. The quantitative estimate of drug-likeness (QED) is 0.567. The lowest BCUT2D eigenvalue weighted by molar-refractivity contribution is 0.0322. The molecule has 1 atom stereocenters. The fraction of sp³-hybridized carbons (Fsp3) is 0.550. The second-order valence-electron chi connectivity index (χ2n) is 7.30. The summed E-state index contributed by atoms with van der Waals surface area (Å²) in [7, 11) is -3.80. The molecule has 8 nitrogen and oxygen atoms in total. The van der Waals surface area contributed by atoms with Crippen LogP contribution in [-0.2, 0) is 21.2 Å². The van der Waals surface area contributed by atoms with Crippen LogP contribution >= 0.6 is 11.3 Å². The molecule has 10 heteroatoms. The standard InChI is InChI=1S/C20H29N3O5S2/c1-3-17(24)12-16-14-29-20(21-16)22-30(25,26)19-11-15(2)10-18(13-19)28-9-6-23-4-7-27-8-5-23/h10-11,13-14,17,24H,3-9,12H2,1-2H3,(H,21,22). The van der Waals surface area contributed by atoms with Crippen LogP contribution in [0.1, 0.15) is 24.6 Å². The summed E-state index contributed by atoms with van der Waals surface area (Å²) >= 11 is 1.20. The van der Waals surface area contributed by atoms with Gasteiger partial charge in [-0.25, -0.2) is 13.4 Å². The first-order chi connectivity index (χ1) is 14.4. The van der Waals surface area contributed by atoms with Crippen molar-refractivity contribution in [3.05, 3.63) is 34.8 Å². The van der Waals surface area contributed by atoms with Gasteiger partial charge in [0.05, 0.1) is 29.9 Å². The number of sulfonamides is 1. The molecule has 0 aliphatic carbocycles. The molecule has 1 aliphatic rings. The van der Waals surface area contributed by atoms with Gasteiger partial charge in [-0.05, 0) is 31.0 Å². The zero-order valence-electron chi connectivity index (χ0n) is 17.3. The minimum Gasteiger partial charge on any atom is -0.492 e. The second kappa shape index (κ2) is 10.5. The molecule has 2 N–H and O–H groups in total. The molecular weight excluding hydrogens is 426 g/mol. The van der Waals surface area contributed by atoms with E-state index in [-0.39, 0.29) is 10.0 Å². The lowest BCUT2D eigenvalue weighted by atomic mass is 10.2. The Balaban J connectivity index is 1.63. The van der Waals surface area contributed by atoms with Gasteiger partial charge < -0.3 is 14.6 Å². The van der Waals surface area contributed by atoms with E-state index in [0.717, 1.165) is 38.4 Å². The highest BCUT2D eigenvalue weighted by atomic mass is 32.2. The summed E-state index contributed by atoms with van der Waals surface area (Å²) in [5, 5.41) is 11.8. The van der Waals surface area contributed by atoms with Crippen LogP contribution in [0, 0.1) is 6.92 Å². The van der Waals surface area contributed by atoms with Gasteiger partial charge in [0.25, 0.3) is 10.0 Å². The maximum Gasteiger partial charge on any atom is 0.263 e. The molecule has 2 aromatic rings. The van der Waals surface area contributed by atoms with Gasteiger partial charge in [-0.1, -0.05) is 6.92 Å². The lowest BCUT2D eigenvalue weighted by Crippen LogP contribution is -2.38. The van der Waals surface area contributed by atoms with Gasteiger partial charge in [0.2, 0.25) is 0 Å². The molecule has 0 spiro atoms. The van der Waals surface area contributed by atoms with Crippen molar-refractivity contribution in [3.8, 4) is 5.75 Å². The predicted molar refractivity (Wildman–Crippen MR) is 117 cm³/mol. The summed E-state index contributed by atoms with van der Waals surface area (Å²) < 4.78 is 39.4. The zero-order chi connectivity index (χ0) is 21.6. The van der Waals surface area contributed by atoms with Crippen LogP contribution in [0.25, 0.3) is 0 Å². The van der Waals surface area contributed by atoms with E-state index in [4.69, 9.17) is 9.47 Å². The number of anilines is 1. The molecule has 0 saturated carbocycles. The summed E-state index contributed by atoms with van der Waals surface area (Å²) in [5.41, 5.74) is 1.47. The number of morpholine rings is 1. The van der Waals surface area contributed by atoms with E-state index < -0.39 is 16.1 Å². The number of aliphatic hydroxyl groups is 1. The minimum absolute atomic E-state index is 0.134. The fourth-order valence-corrected chi connectivity index (χ4v) is 5.17. The zero-order valence-corrected chi connectivity index (χ0v) is 19.0. The minimum atomic E-state index is -3.80. The number of benzene rings is 1. The van der Waals surface area contributed by atoms with Gasteiger partial charge in [0, 0.05) is 37.5 Å². The highest BCUT2D eigenvalue weighted by Crippen LogP contribution is 2.25. The van der Waals surface area contributed by atoms with Crippen molar-refractivity contribution >= 4 is 26.5 Å². The van der Waals surface area contributed by atoms with Crippen molar-refractivity contribution in [2.75, 3.05) is 44.2 Å². The molecule has 2 heterocycles. The molecule has 1 aromatic carbocycles. The lowest BCUT2D eigenvalue weighted by Gasteiger charge is -2.26. The summed E-state index contributed by atoms with van der Waals surface area (Å²) in [4.78, 5) is 6.67. The highest BCUT2D eigenvalue weighted by Gasteiger charge is 2.19. The Kier molecular flexibility index (Phi) is 8.06. The number of ether oxygens (including phenoxy) is 2. The first-order valence-electron chi connectivity index (χ1n) is 10.1. The number of rotatable bonds is 10. The molecule has 1 unspecified atom stereocenters. The first-order valence-corrected chi connectivity index (χ1v) is 12.4. The molecule has 166 valence electrons. The number of thiazole rings is 1. The molecule has 1 fully saturated rings. The van der Waals surface area contributed by atoms with Crippen LogP contribution in [0.2, 0.25) is 0 Å². The van der Waals surface area contributed by atoms with Crippen LogP contribution < -0.4 is 9.46 Å². The number of aliphatic hydroxyl groups excluding tert-OH is 1. The third-order valence-corrected chi connectivity index (χ3v) is 7.06. The molecule has 1 aromatic heterocycles. The van der Waals surface area contributed by atoms with Gasteiger partial charge in [-0.3, -0.25) is 9.62 Å². The maximum atomic E-state index is 12.8. The fourth-order valence-electron chi connectivity index (χ4n) is 3.08. The van der Waals surface area contributed by atoms with E-state index >= 15 is 0 Å². The Morgan fingerprint density at radius 1 is 1.33 bits per heavy atom. The van der Waals surface area contributed by atoms with Crippen LogP contribution in [0.3, 0.4) is 0 Å². The van der Waals surface area contributed by atoms with Crippen molar-refractivity contribution in [2.24, 2.45) is 0 Å². The number of hydrogen-bond donors (Lipinski definition) is 2. The first kappa shape index (κ1) is 23.0. The van der Waals surface area contributed by atoms with Crippen LogP contribution in [0.4, 0.5) is 5.13 Å². The number of nitrogens with zero attached hydrogens (tertiary/aromatic N) is 2. The van der Waals surface area contributed by atoms with E-state index in [1.807, 2.05) is 19.9 Å². The average Bonchev–Trinajstić information content (AvgIpc) is 3.14. The number of hydrogen-bond acceptors (Lipinski definition) is 8. The van der Waals surface area contributed by atoms with Crippen molar-refractivity contribution in [1.82, 2.24) is 9.88 Å². The topological polar surface area (TPSA) is 101 Å². The van der Waals surface area contributed by atoms with Crippen LogP contribution in [0.5, 0.6) is 5.75 Å². The third-order valence-electron chi connectivity index (χ3n) is 4.80. The van der Waals surface area contributed by atoms with E-state index in [9.17, 15) is 13.5 Å².